The van der Waals surface area contributed by atoms with Gasteiger partial charge in [-0.15, -0.1) is 0 Å². The van der Waals surface area contributed by atoms with Crippen LogP contribution in [-0.4, -0.2) is 5.11 Å². The molecule has 0 saturated heterocycles. The molecule has 2 nitrogen and oxygen atoms in total. The molecule has 0 aromatic heterocycles. The van der Waals surface area contributed by atoms with Crippen molar-refractivity contribution in [1.82, 2.24) is 0 Å². The van der Waals surface area contributed by atoms with Gasteiger partial charge in [0.15, 0.2) is 0 Å². The van der Waals surface area contributed by atoms with Gasteiger partial charge >= 0.3 is 6.18 Å². The molecule has 0 spiro atoms. The summed E-state index contributed by atoms with van der Waals surface area (Å²) in [5.41, 5.74) is -0.653. The maximum atomic E-state index is 13.2. The third-order valence-corrected chi connectivity index (χ3v) is 3.42. The molecule has 1 N–H and O–H groups in total. The Balaban J connectivity index is 2.19. The van der Waals surface area contributed by atoms with Crippen LogP contribution in [0.1, 0.15) is 16.7 Å². The maximum Gasteiger partial charge on any atom is 0.419 e. The van der Waals surface area contributed by atoms with Crippen molar-refractivity contribution in [2.75, 3.05) is 0 Å². The highest BCUT2D eigenvalue weighted by Crippen LogP contribution is 2.32. The Morgan fingerprint density at radius 3 is 2.45 bits per heavy atom. The van der Waals surface area contributed by atoms with Gasteiger partial charge in [-0.3, -0.25) is 0 Å². The Bertz CT molecular complexity index is 671. The fourth-order valence-corrected chi connectivity index (χ4v) is 2.26. The minimum Gasteiger partial charge on any atom is -0.489 e. The SMILES string of the molecule is OCc1cc(Br)ccc1OCc1ccc(F)c(C(F)(F)F)c1. The number of benzene rings is 2. The first-order chi connectivity index (χ1) is 10.3. The van der Waals surface area contributed by atoms with Gasteiger partial charge in [0, 0.05) is 10.0 Å². The third-order valence-electron chi connectivity index (χ3n) is 2.92. The van der Waals surface area contributed by atoms with E-state index in [0.29, 0.717) is 17.4 Å². The zero-order valence-corrected chi connectivity index (χ0v) is 12.7. The van der Waals surface area contributed by atoms with Gasteiger partial charge in [0.2, 0.25) is 0 Å². The fourth-order valence-electron chi connectivity index (χ4n) is 1.85. The highest BCUT2D eigenvalue weighted by atomic mass is 79.9. The summed E-state index contributed by atoms with van der Waals surface area (Å²) in [6, 6.07) is 7.61. The Labute approximate surface area is 132 Å². The highest BCUT2D eigenvalue weighted by Gasteiger charge is 2.34. The summed E-state index contributed by atoms with van der Waals surface area (Å²) in [4.78, 5) is 0. The summed E-state index contributed by atoms with van der Waals surface area (Å²) in [6.45, 7) is -0.440. The molecule has 0 aliphatic heterocycles. The minimum atomic E-state index is -4.76. The van der Waals surface area contributed by atoms with Gasteiger partial charge in [0.25, 0.3) is 0 Å². The van der Waals surface area contributed by atoms with Gasteiger partial charge in [-0.2, -0.15) is 13.2 Å². The maximum absolute atomic E-state index is 13.2. The van der Waals surface area contributed by atoms with Crippen molar-refractivity contribution < 1.29 is 27.4 Å². The van der Waals surface area contributed by atoms with Gasteiger partial charge < -0.3 is 9.84 Å². The van der Waals surface area contributed by atoms with Crippen molar-refractivity contribution in [2.24, 2.45) is 0 Å². The van der Waals surface area contributed by atoms with E-state index in [-0.39, 0.29) is 18.8 Å². The Morgan fingerprint density at radius 1 is 1.09 bits per heavy atom. The molecule has 0 amide bonds. The number of alkyl halides is 3. The van der Waals surface area contributed by atoms with Crippen LogP contribution in [-0.2, 0) is 19.4 Å². The average Bonchev–Trinajstić information content (AvgIpc) is 2.46. The molecular formula is C15H11BrF4O2. The van der Waals surface area contributed by atoms with Crippen LogP contribution in [0.4, 0.5) is 17.6 Å². The van der Waals surface area contributed by atoms with Crippen molar-refractivity contribution in [3.05, 3.63) is 63.4 Å². The molecule has 0 saturated carbocycles. The van der Waals surface area contributed by atoms with E-state index in [1.165, 1.54) is 6.07 Å². The van der Waals surface area contributed by atoms with Crippen LogP contribution in [0, 0.1) is 5.82 Å². The first-order valence-electron chi connectivity index (χ1n) is 6.19. The second-order valence-corrected chi connectivity index (χ2v) is 5.43. The number of aliphatic hydroxyl groups excluding tert-OH is 1. The molecule has 0 atom stereocenters. The number of halogens is 5. The van der Waals surface area contributed by atoms with Crippen molar-refractivity contribution in [3.63, 3.8) is 0 Å². The Hall–Kier alpha value is -1.60. The van der Waals surface area contributed by atoms with Crippen LogP contribution in [0.15, 0.2) is 40.9 Å². The molecule has 118 valence electrons. The Kier molecular flexibility index (Phi) is 5.08. The summed E-state index contributed by atoms with van der Waals surface area (Å²) >= 11 is 3.24. The van der Waals surface area contributed by atoms with Crippen LogP contribution in [0.5, 0.6) is 5.75 Å². The lowest BCUT2D eigenvalue weighted by Crippen LogP contribution is -2.09. The molecule has 2 aromatic carbocycles. The summed E-state index contributed by atoms with van der Waals surface area (Å²) in [6.07, 6.45) is -4.76. The monoisotopic (exact) mass is 378 g/mol. The lowest BCUT2D eigenvalue weighted by atomic mass is 10.1. The van der Waals surface area contributed by atoms with Crippen molar-refractivity contribution in [3.8, 4) is 5.75 Å². The molecule has 22 heavy (non-hydrogen) atoms. The lowest BCUT2D eigenvalue weighted by molar-refractivity contribution is -0.140. The van der Waals surface area contributed by atoms with Gasteiger partial charge in [0.1, 0.15) is 18.2 Å². The van der Waals surface area contributed by atoms with E-state index in [0.717, 1.165) is 10.5 Å². The van der Waals surface area contributed by atoms with Crippen molar-refractivity contribution >= 4 is 15.9 Å². The molecule has 0 fully saturated rings. The largest absolute Gasteiger partial charge is 0.489 e. The van der Waals surface area contributed by atoms with E-state index in [1.54, 1.807) is 18.2 Å². The molecule has 0 heterocycles. The predicted molar refractivity (Wildman–Crippen MR) is 75.8 cm³/mol. The average molecular weight is 379 g/mol. The van der Waals surface area contributed by atoms with Gasteiger partial charge in [-0.1, -0.05) is 22.0 Å². The Morgan fingerprint density at radius 2 is 1.82 bits per heavy atom. The summed E-state index contributed by atoms with van der Waals surface area (Å²) in [5.74, 6) is -0.973. The first kappa shape index (κ1) is 16.8. The van der Waals surface area contributed by atoms with Gasteiger partial charge in [-0.05, 0) is 35.9 Å². The topological polar surface area (TPSA) is 29.5 Å². The lowest BCUT2D eigenvalue weighted by Gasteiger charge is -2.13. The smallest absolute Gasteiger partial charge is 0.419 e. The number of rotatable bonds is 4. The van der Waals surface area contributed by atoms with E-state index >= 15 is 0 Å². The van der Waals surface area contributed by atoms with Crippen LogP contribution in [0.25, 0.3) is 0 Å². The molecule has 0 unspecified atom stereocenters. The molecule has 0 aliphatic carbocycles. The third kappa shape index (κ3) is 3.98. The van der Waals surface area contributed by atoms with E-state index in [9.17, 15) is 22.7 Å². The fraction of sp³-hybridized carbons (Fsp3) is 0.200. The molecule has 2 aromatic rings. The van der Waals surface area contributed by atoms with E-state index < -0.39 is 17.6 Å². The number of ether oxygens (including phenoxy) is 1. The van der Waals surface area contributed by atoms with Crippen molar-refractivity contribution in [1.29, 1.82) is 0 Å². The normalized spacial score (nSPS) is 11.5. The van der Waals surface area contributed by atoms with E-state index in [1.807, 2.05) is 0 Å². The van der Waals surface area contributed by atoms with Crippen molar-refractivity contribution in [2.45, 2.75) is 19.4 Å². The zero-order valence-electron chi connectivity index (χ0n) is 11.1. The van der Waals surface area contributed by atoms with Gasteiger partial charge in [-0.25, -0.2) is 4.39 Å². The number of hydrogen-bond donors (Lipinski definition) is 1. The second-order valence-electron chi connectivity index (χ2n) is 4.51. The molecule has 2 rings (SSSR count). The molecular weight excluding hydrogens is 368 g/mol. The van der Waals surface area contributed by atoms with E-state index in [2.05, 4.69) is 15.9 Å². The quantitative estimate of drug-likeness (QED) is 0.782. The molecule has 7 heteroatoms. The van der Waals surface area contributed by atoms with Crippen LogP contribution in [0.2, 0.25) is 0 Å². The molecule has 0 radical (unpaired) electrons. The van der Waals surface area contributed by atoms with Crippen LogP contribution in [0.3, 0.4) is 0 Å². The van der Waals surface area contributed by atoms with E-state index in [4.69, 9.17) is 4.74 Å². The zero-order chi connectivity index (χ0) is 16.3. The second kappa shape index (κ2) is 6.66. The minimum absolute atomic E-state index is 0.169. The summed E-state index contributed by atoms with van der Waals surface area (Å²) < 4.78 is 57.2. The highest BCUT2D eigenvalue weighted by molar-refractivity contribution is 9.10. The standard InChI is InChI=1S/C15H11BrF4O2/c16-11-2-4-14(10(6-11)7-21)22-8-9-1-3-13(17)12(5-9)15(18,19)20/h1-6,21H,7-8H2. The number of hydrogen-bond acceptors (Lipinski definition) is 2. The number of aliphatic hydroxyl groups is 1. The van der Waals surface area contributed by atoms with Gasteiger partial charge in [0.05, 0.1) is 12.2 Å². The predicted octanol–water partition coefficient (Wildman–Crippen LogP) is 4.68. The summed E-state index contributed by atoms with van der Waals surface area (Å²) in [5, 5.41) is 9.23. The molecule has 0 aliphatic rings. The molecule has 0 bridgehead atoms. The summed E-state index contributed by atoms with van der Waals surface area (Å²) in [7, 11) is 0. The first-order valence-corrected chi connectivity index (χ1v) is 6.98. The van der Waals surface area contributed by atoms with Crippen LogP contribution < -0.4 is 4.74 Å². The van der Waals surface area contributed by atoms with Crippen LogP contribution >= 0.6 is 15.9 Å².